The molecule has 5 heteroatoms. The third-order valence-corrected chi connectivity index (χ3v) is 2.66. The molecule has 0 radical (unpaired) electrons. The number of nitriles is 1. The number of hydrogen-bond donors (Lipinski definition) is 0. The van der Waals surface area contributed by atoms with E-state index in [2.05, 4.69) is 6.07 Å². The van der Waals surface area contributed by atoms with Crippen LogP contribution in [0.25, 0.3) is 0 Å². The lowest BCUT2D eigenvalue weighted by Crippen LogP contribution is -2.48. The zero-order chi connectivity index (χ0) is 13.0. The highest BCUT2D eigenvalue weighted by Gasteiger charge is 2.29. The van der Waals surface area contributed by atoms with Gasteiger partial charge in [-0.05, 0) is 31.2 Å². The number of hydrogen-bond acceptors (Lipinski definition) is 4. The molecule has 0 saturated carbocycles. The Morgan fingerprint density at radius 2 is 2.22 bits per heavy atom. The molecule has 2 rings (SSSR count). The molecule has 1 atom stereocenters. The van der Waals surface area contributed by atoms with Crippen LogP contribution in [-0.4, -0.2) is 31.8 Å². The van der Waals surface area contributed by atoms with Gasteiger partial charge in [-0.15, -0.1) is 0 Å². The van der Waals surface area contributed by atoms with Gasteiger partial charge < -0.3 is 9.47 Å². The number of morpholine rings is 1. The normalized spacial score (nSPS) is 19.4. The summed E-state index contributed by atoms with van der Waals surface area (Å²) in [5.74, 6) is 0.549. The first-order chi connectivity index (χ1) is 8.76. The summed E-state index contributed by atoms with van der Waals surface area (Å²) in [4.78, 5) is 13.3. The zero-order valence-corrected chi connectivity index (χ0v) is 10.1. The molecular weight excluding hydrogens is 232 g/mol. The fourth-order valence-electron chi connectivity index (χ4n) is 1.86. The minimum Gasteiger partial charge on any atom is -0.494 e. The quantitative estimate of drug-likeness (QED) is 0.807. The van der Waals surface area contributed by atoms with Gasteiger partial charge in [0.25, 0.3) is 5.91 Å². The summed E-state index contributed by atoms with van der Waals surface area (Å²) in [6.45, 7) is 2.77. The van der Waals surface area contributed by atoms with E-state index >= 15 is 0 Å². The maximum absolute atomic E-state index is 11.8. The maximum Gasteiger partial charge on any atom is 0.254 e. The molecule has 1 unspecified atom stereocenters. The van der Waals surface area contributed by atoms with Gasteiger partial charge in [0.15, 0.2) is 0 Å². The van der Waals surface area contributed by atoms with Gasteiger partial charge in [-0.2, -0.15) is 5.26 Å². The van der Waals surface area contributed by atoms with Crippen LogP contribution in [0.15, 0.2) is 24.3 Å². The summed E-state index contributed by atoms with van der Waals surface area (Å²) in [5.41, 5.74) is 0.693. The summed E-state index contributed by atoms with van der Waals surface area (Å²) >= 11 is 0. The van der Waals surface area contributed by atoms with Crippen LogP contribution in [0, 0.1) is 11.3 Å². The van der Waals surface area contributed by atoms with Crippen LogP contribution in [0.4, 0.5) is 5.69 Å². The predicted octanol–water partition coefficient (Wildman–Crippen LogP) is 1.34. The molecule has 0 N–H and O–H groups in total. The highest BCUT2D eigenvalue weighted by molar-refractivity contribution is 5.96. The molecule has 94 valence electrons. The Morgan fingerprint density at radius 1 is 1.50 bits per heavy atom. The Labute approximate surface area is 106 Å². The molecule has 1 aromatic carbocycles. The number of carbonyl (C=O) groups excluding carboxylic acids is 1. The average Bonchev–Trinajstić information content (AvgIpc) is 2.40. The molecule has 0 aliphatic carbocycles. The Kier molecular flexibility index (Phi) is 3.80. The smallest absolute Gasteiger partial charge is 0.254 e. The van der Waals surface area contributed by atoms with E-state index in [1.54, 1.807) is 24.3 Å². The summed E-state index contributed by atoms with van der Waals surface area (Å²) < 4.78 is 10.4. The minimum absolute atomic E-state index is 0.0192. The Morgan fingerprint density at radius 3 is 2.83 bits per heavy atom. The fraction of sp³-hybridized carbons (Fsp3) is 0.385. The van der Waals surface area contributed by atoms with Crippen molar-refractivity contribution in [3.63, 3.8) is 0 Å². The highest BCUT2D eigenvalue weighted by atomic mass is 16.5. The average molecular weight is 246 g/mol. The van der Waals surface area contributed by atoms with Crippen LogP contribution >= 0.6 is 0 Å². The van der Waals surface area contributed by atoms with E-state index in [1.807, 2.05) is 6.92 Å². The van der Waals surface area contributed by atoms with E-state index in [9.17, 15) is 4.79 Å². The number of rotatable bonds is 3. The maximum atomic E-state index is 11.8. The van der Waals surface area contributed by atoms with Crippen molar-refractivity contribution >= 4 is 11.6 Å². The van der Waals surface area contributed by atoms with Crippen LogP contribution in [0.5, 0.6) is 5.75 Å². The standard InChI is InChI=1S/C13H14N2O3/c1-2-18-12-5-3-10(4-6-12)15-11(7-14)8-17-9-13(15)16/h3-6,11H,2,8-9H2,1H3. The SMILES string of the molecule is CCOc1ccc(N2C(=O)COCC2C#N)cc1. The molecule has 0 bridgehead atoms. The second-order valence-corrected chi connectivity index (χ2v) is 3.85. The first-order valence-electron chi connectivity index (χ1n) is 5.78. The summed E-state index contributed by atoms with van der Waals surface area (Å²) in [7, 11) is 0. The third kappa shape index (κ3) is 2.44. The second-order valence-electron chi connectivity index (χ2n) is 3.85. The fourth-order valence-corrected chi connectivity index (χ4v) is 1.86. The Bertz CT molecular complexity index is 464. The molecule has 1 aromatic rings. The number of anilines is 1. The summed E-state index contributed by atoms with van der Waals surface area (Å²) in [6.07, 6.45) is 0. The molecule has 5 nitrogen and oxygen atoms in total. The lowest BCUT2D eigenvalue weighted by atomic mass is 10.2. The number of carbonyl (C=O) groups is 1. The van der Waals surface area contributed by atoms with Crippen molar-refractivity contribution in [2.24, 2.45) is 0 Å². The number of ether oxygens (including phenoxy) is 2. The van der Waals surface area contributed by atoms with Crippen LogP contribution < -0.4 is 9.64 Å². The van der Waals surface area contributed by atoms with Gasteiger partial charge in [0, 0.05) is 5.69 Å². The van der Waals surface area contributed by atoms with Gasteiger partial charge in [0.05, 0.1) is 19.3 Å². The number of benzene rings is 1. The van der Waals surface area contributed by atoms with Gasteiger partial charge >= 0.3 is 0 Å². The number of amides is 1. The molecule has 1 aliphatic rings. The van der Waals surface area contributed by atoms with Crippen molar-refractivity contribution in [1.29, 1.82) is 5.26 Å². The van der Waals surface area contributed by atoms with Crippen LogP contribution in [0.3, 0.4) is 0 Å². The first kappa shape index (κ1) is 12.4. The number of nitrogens with zero attached hydrogens (tertiary/aromatic N) is 2. The van der Waals surface area contributed by atoms with Crippen molar-refractivity contribution < 1.29 is 14.3 Å². The molecule has 1 fully saturated rings. The predicted molar refractivity (Wildman–Crippen MR) is 65.3 cm³/mol. The van der Waals surface area contributed by atoms with E-state index in [4.69, 9.17) is 14.7 Å². The molecular formula is C13H14N2O3. The van der Waals surface area contributed by atoms with Crippen LogP contribution in [0.2, 0.25) is 0 Å². The van der Waals surface area contributed by atoms with Crippen LogP contribution in [0.1, 0.15) is 6.92 Å². The third-order valence-electron chi connectivity index (χ3n) is 2.66. The zero-order valence-electron chi connectivity index (χ0n) is 10.1. The van der Waals surface area contributed by atoms with Gasteiger partial charge in [-0.1, -0.05) is 0 Å². The van der Waals surface area contributed by atoms with Gasteiger partial charge in [-0.3, -0.25) is 9.69 Å². The molecule has 1 saturated heterocycles. The van der Waals surface area contributed by atoms with Gasteiger partial charge in [-0.25, -0.2) is 0 Å². The molecule has 1 heterocycles. The molecule has 0 aromatic heterocycles. The molecule has 1 aliphatic heterocycles. The summed E-state index contributed by atoms with van der Waals surface area (Å²) in [6, 6.07) is 8.63. The van der Waals surface area contributed by atoms with Crippen molar-refractivity contribution in [3.8, 4) is 11.8 Å². The van der Waals surface area contributed by atoms with Crippen molar-refractivity contribution in [2.75, 3.05) is 24.7 Å². The Hall–Kier alpha value is -2.06. The van der Waals surface area contributed by atoms with E-state index in [-0.39, 0.29) is 19.1 Å². The van der Waals surface area contributed by atoms with Crippen molar-refractivity contribution in [2.45, 2.75) is 13.0 Å². The van der Waals surface area contributed by atoms with Crippen molar-refractivity contribution in [3.05, 3.63) is 24.3 Å². The highest BCUT2D eigenvalue weighted by Crippen LogP contribution is 2.23. The van der Waals surface area contributed by atoms with E-state index < -0.39 is 6.04 Å². The van der Waals surface area contributed by atoms with Crippen LogP contribution in [-0.2, 0) is 9.53 Å². The Balaban J connectivity index is 2.23. The largest absolute Gasteiger partial charge is 0.494 e. The second kappa shape index (κ2) is 5.52. The van der Waals surface area contributed by atoms with E-state index in [1.165, 1.54) is 4.90 Å². The topological polar surface area (TPSA) is 62.6 Å². The minimum atomic E-state index is -0.566. The van der Waals surface area contributed by atoms with Gasteiger partial charge in [0.1, 0.15) is 18.4 Å². The molecule has 18 heavy (non-hydrogen) atoms. The lowest BCUT2D eigenvalue weighted by molar-refractivity contribution is -0.126. The first-order valence-corrected chi connectivity index (χ1v) is 5.78. The van der Waals surface area contributed by atoms with E-state index in [0.717, 1.165) is 5.75 Å². The van der Waals surface area contributed by atoms with E-state index in [0.29, 0.717) is 12.3 Å². The molecule has 1 amide bonds. The lowest BCUT2D eigenvalue weighted by Gasteiger charge is -2.31. The van der Waals surface area contributed by atoms with Crippen molar-refractivity contribution in [1.82, 2.24) is 0 Å². The van der Waals surface area contributed by atoms with Gasteiger partial charge in [0.2, 0.25) is 0 Å². The monoisotopic (exact) mass is 246 g/mol. The molecule has 0 spiro atoms. The summed E-state index contributed by atoms with van der Waals surface area (Å²) in [5, 5.41) is 9.03.